The lowest BCUT2D eigenvalue weighted by Crippen LogP contribution is -2.26. The molecule has 1 amide bonds. The Morgan fingerprint density at radius 1 is 0.783 bits per heavy atom. The van der Waals surface area contributed by atoms with Crippen LogP contribution in [-0.4, -0.2) is 11.7 Å². The van der Waals surface area contributed by atoms with Gasteiger partial charge in [0.2, 0.25) is 5.91 Å². The summed E-state index contributed by atoms with van der Waals surface area (Å²) in [6.45, 7) is 0. The number of rotatable bonds is 1. The first-order valence-electron chi connectivity index (χ1n) is 8.27. The molecule has 2 aromatic carbocycles. The number of fused-ring (bicyclic) bond motifs is 3. The van der Waals surface area contributed by atoms with Crippen molar-refractivity contribution in [2.75, 3.05) is 4.90 Å². The highest BCUT2D eigenvalue weighted by Crippen LogP contribution is 2.37. The van der Waals surface area contributed by atoms with Crippen molar-refractivity contribution in [1.82, 2.24) is 0 Å². The number of anilines is 2. The summed E-state index contributed by atoms with van der Waals surface area (Å²) < 4.78 is 0. The smallest absolute Gasteiger partial charge is 0.239 e. The van der Waals surface area contributed by atoms with Crippen LogP contribution in [0.3, 0.4) is 0 Å². The lowest BCUT2D eigenvalue weighted by atomic mass is 9.86. The molecular weight excluding hydrogens is 286 g/mol. The van der Waals surface area contributed by atoms with Gasteiger partial charge in [-0.3, -0.25) is 14.5 Å². The highest BCUT2D eigenvalue weighted by Gasteiger charge is 2.30. The quantitative estimate of drug-likeness (QED) is 0.753. The molecule has 1 aliphatic heterocycles. The molecule has 1 aliphatic carbocycles. The van der Waals surface area contributed by atoms with Crippen LogP contribution in [0.25, 0.3) is 0 Å². The summed E-state index contributed by atoms with van der Waals surface area (Å²) in [6, 6.07) is 13.8. The van der Waals surface area contributed by atoms with Gasteiger partial charge in [0.05, 0.1) is 12.1 Å². The molecule has 0 saturated heterocycles. The van der Waals surface area contributed by atoms with Crippen molar-refractivity contribution in [1.29, 1.82) is 0 Å². The minimum atomic E-state index is -0.129. The topological polar surface area (TPSA) is 37.4 Å². The zero-order chi connectivity index (χ0) is 15.8. The molecule has 0 atom stereocenters. The van der Waals surface area contributed by atoms with E-state index < -0.39 is 0 Å². The molecule has 3 nitrogen and oxygen atoms in total. The molecular formula is C20H19NO2. The number of hydrogen-bond donors (Lipinski definition) is 0. The first-order chi connectivity index (χ1) is 11.2. The minimum Gasteiger partial charge on any atom is -0.299 e. The Kier molecular flexibility index (Phi) is 3.49. The fraction of sp³-hybridized carbons (Fsp3) is 0.300. The predicted octanol–water partition coefficient (Wildman–Crippen LogP) is 3.75. The number of amides is 1. The van der Waals surface area contributed by atoms with Gasteiger partial charge < -0.3 is 0 Å². The fourth-order valence-corrected chi connectivity index (χ4v) is 3.80. The number of carbonyl (C=O) groups excluding carboxylic acids is 2. The third-order valence-electron chi connectivity index (χ3n) is 4.85. The molecule has 0 saturated carbocycles. The van der Waals surface area contributed by atoms with E-state index in [4.69, 9.17) is 0 Å². The molecule has 0 radical (unpaired) electrons. The molecule has 23 heavy (non-hydrogen) atoms. The third-order valence-corrected chi connectivity index (χ3v) is 4.85. The number of benzene rings is 2. The van der Waals surface area contributed by atoms with E-state index in [0.29, 0.717) is 6.42 Å². The molecule has 1 heterocycles. The summed E-state index contributed by atoms with van der Waals surface area (Å²) in [5.41, 5.74) is 5.46. The van der Waals surface area contributed by atoms with Crippen LogP contribution in [0.4, 0.5) is 11.4 Å². The first-order valence-corrected chi connectivity index (χ1v) is 8.27. The number of carbonyl (C=O) groups is 2. The Morgan fingerprint density at radius 3 is 2.39 bits per heavy atom. The molecule has 0 fully saturated rings. The zero-order valence-electron chi connectivity index (χ0n) is 13.0. The maximum Gasteiger partial charge on any atom is 0.239 e. The van der Waals surface area contributed by atoms with Crippen molar-refractivity contribution in [2.24, 2.45) is 0 Å². The standard InChI is InChI=1S/C20H19NO2/c22-16-12-18-17-9-5-4-6-14(17)10-11-19(18)21(20(23)13-16)15-7-2-1-3-8-15/h1-3,7-8,10-11H,4-6,9,12-13H2. The maximum atomic E-state index is 12.7. The summed E-state index contributed by atoms with van der Waals surface area (Å²) >= 11 is 0. The lowest BCUT2D eigenvalue weighted by molar-refractivity contribution is -0.125. The van der Waals surface area contributed by atoms with E-state index in [1.54, 1.807) is 4.90 Å². The minimum absolute atomic E-state index is 0.0155. The highest BCUT2D eigenvalue weighted by molar-refractivity contribution is 6.12. The van der Waals surface area contributed by atoms with Crippen molar-refractivity contribution >= 4 is 23.1 Å². The molecule has 0 N–H and O–H groups in total. The average Bonchev–Trinajstić information content (AvgIpc) is 2.70. The largest absolute Gasteiger partial charge is 0.299 e. The van der Waals surface area contributed by atoms with Crippen LogP contribution < -0.4 is 4.90 Å². The van der Waals surface area contributed by atoms with E-state index in [9.17, 15) is 9.59 Å². The molecule has 4 rings (SSSR count). The molecule has 2 aromatic rings. The van der Waals surface area contributed by atoms with E-state index >= 15 is 0 Å². The van der Waals surface area contributed by atoms with Gasteiger partial charge in [-0.2, -0.15) is 0 Å². The Labute approximate surface area is 135 Å². The van der Waals surface area contributed by atoms with E-state index in [0.717, 1.165) is 36.2 Å². The van der Waals surface area contributed by atoms with Gasteiger partial charge in [-0.05, 0) is 60.6 Å². The van der Waals surface area contributed by atoms with Crippen molar-refractivity contribution in [2.45, 2.75) is 38.5 Å². The van der Waals surface area contributed by atoms with Crippen LogP contribution >= 0.6 is 0 Å². The molecule has 0 aromatic heterocycles. The van der Waals surface area contributed by atoms with Crippen LogP contribution in [-0.2, 0) is 28.9 Å². The average molecular weight is 305 g/mol. The van der Waals surface area contributed by atoms with Crippen molar-refractivity contribution < 1.29 is 9.59 Å². The Bertz CT molecular complexity index is 780. The number of nitrogens with zero attached hydrogens (tertiary/aromatic N) is 1. The first kappa shape index (κ1) is 14.2. The Hall–Kier alpha value is -2.42. The van der Waals surface area contributed by atoms with Crippen LogP contribution in [0.15, 0.2) is 42.5 Å². The van der Waals surface area contributed by atoms with Gasteiger partial charge in [0, 0.05) is 12.1 Å². The number of hydrogen-bond acceptors (Lipinski definition) is 2. The second-order valence-electron chi connectivity index (χ2n) is 6.36. The van der Waals surface area contributed by atoms with Crippen molar-refractivity contribution in [3.05, 3.63) is 59.2 Å². The molecule has 0 bridgehead atoms. The monoisotopic (exact) mass is 305 g/mol. The van der Waals surface area contributed by atoms with Gasteiger partial charge in [0.15, 0.2) is 0 Å². The summed E-state index contributed by atoms with van der Waals surface area (Å²) in [5, 5.41) is 0. The molecule has 2 aliphatic rings. The number of para-hydroxylation sites is 1. The lowest BCUT2D eigenvalue weighted by Gasteiger charge is -2.27. The Balaban J connectivity index is 1.92. The Morgan fingerprint density at radius 2 is 1.57 bits per heavy atom. The fourth-order valence-electron chi connectivity index (χ4n) is 3.80. The molecule has 3 heteroatoms. The third kappa shape index (κ3) is 2.46. The van der Waals surface area contributed by atoms with Crippen LogP contribution in [0, 0.1) is 0 Å². The predicted molar refractivity (Wildman–Crippen MR) is 90.0 cm³/mol. The highest BCUT2D eigenvalue weighted by atomic mass is 16.2. The van der Waals surface area contributed by atoms with Crippen LogP contribution in [0.2, 0.25) is 0 Å². The van der Waals surface area contributed by atoms with Gasteiger partial charge in [0.1, 0.15) is 5.78 Å². The number of aryl methyl sites for hydroxylation is 1. The van der Waals surface area contributed by atoms with E-state index in [1.165, 1.54) is 17.5 Å². The van der Waals surface area contributed by atoms with Gasteiger partial charge in [-0.25, -0.2) is 0 Å². The van der Waals surface area contributed by atoms with Crippen molar-refractivity contribution in [3.8, 4) is 0 Å². The van der Waals surface area contributed by atoms with Gasteiger partial charge >= 0.3 is 0 Å². The normalized spacial score (nSPS) is 17.5. The molecule has 0 spiro atoms. The van der Waals surface area contributed by atoms with Crippen molar-refractivity contribution in [3.63, 3.8) is 0 Å². The summed E-state index contributed by atoms with van der Waals surface area (Å²) in [5.74, 6) is -0.107. The van der Waals surface area contributed by atoms with E-state index in [1.807, 2.05) is 36.4 Å². The van der Waals surface area contributed by atoms with Gasteiger partial charge in [-0.1, -0.05) is 24.3 Å². The van der Waals surface area contributed by atoms with E-state index in [-0.39, 0.29) is 18.1 Å². The van der Waals surface area contributed by atoms with Crippen LogP contribution in [0.1, 0.15) is 36.0 Å². The summed E-state index contributed by atoms with van der Waals surface area (Å²) in [6.07, 6.45) is 4.84. The second kappa shape index (κ2) is 5.65. The number of Topliss-reactive ketones (excluding diaryl/α,β-unsaturated/α-hetero) is 1. The molecule has 116 valence electrons. The SMILES string of the molecule is O=C1CC(=O)N(c2ccccc2)c2ccc3c(c2C1)CCCC3. The maximum absolute atomic E-state index is 12.7. The molecule has 0 unspecified atom stereocenters. The van der Waals surface area contributed by atoms with E-state index in [2.05, 4.69) is 6.07 Å². The van der Waals surface area contributed by atoms with Crippen LogP contribution in [0.5, 0.6) is 0 Å². The zero-order valence-corrected chi connectivity index (χ0v) is 13.0. The summed E-state index contributed by atoms with van der Waals surface area (Å²) in [7, 11) is 0. The number of ketones is 1. The van der Waals surface area contributed by atoms with Gasteiger partial charge in [-0.15, -0.1) is 0 Å². The van der Waals surface area contributed by atoms with Gasteiger partial charge in [0.25, 0.3) is 0 Å². The second-order valence-corrected chi connectivity index (χ2v) is 6.36. The summed E-state index contributed by atoms with van der Waals surface area (Å²) in [4.78, 5) is 26.7.